The van der Waals surface area contributed by atoms with Gasteiger partial charge in [0.25, 0.3) is 5.56 Å². The van der Waals surface area contributed by atoms with Crippen molar-refractivity contribution in [1.82, 2.24) is 14.5 Å². The number of hydrogen-bond acceptors (Lipinski definition) is 6. The van der Waals surface area contributed by atoms with Crippen LogP contribution in [0.15, 0.2) is 39.9 Å². The highest BCUT2D eigenvalue weighted by Crippen LogP contribution is 2.20. The summed E-state index contributed by atoms with van der Waals surface area (Å²) in [5, 5.41) is 0. The smallest absolute Gasteiger partial charge is 0.330 e. The van der Waals surface area contributed by atoms with Gasteiger partial charge < -0.3 is 15.5 Å². The van der Waals surface area contributed by atoms with E-state index < -0.39 is 11.2 Å². The number of hydrogen-bond donors (Lipinski definition) is 2. The Bertz CT molecular complexity index is 1040. The second kappa shape index (κ2) is 11.2. The number of carbonyl (C=O) groups is 1. The van der Waals surface area contributed by atoms with E-state index in [2.05, 4.69) is 26.9 Å². The van der Waals surface area contributed by atoms with Crippen molar-refractivity contribution in [3.05, 3.63) is 51.2 Å². The van der Waals surface area contributed by atoms with Gasteiger partial charge in [0.2, 0.25) is 5.91 Å². The van der Waals surface area contributed by atoms with E-state index in [4.69, 9.17) is 5.73 Å². The monoisotopic (exact) mass is 456 g/mol. The van der Waals surface area contributed by atoms with E-state index in [9.17, 15) is 14.4 Å². The van der Waals surface area contributed by atoms with Crippen molar-refractivity contribution >= 4 is 23.1 Å². The molecule has 2 aromatic rings. The number of piperazine rings is 1. The number of para-hydroxylation sites is 1. The summed E-state index contributed by atoms with van der Waals surface area (Å²) in [5.41, 5.74) is 6.39. The van der Waals surface area contributed by atoms with Gasteiger partial charge in [-0.05, 0) is 24.5 Å². The molecule has 3 rings (SSSR count). The van der Waals surface area contributed by atoms with Crippen molar-refractivity contribution < 1.29 is 4.79 Å². The highest BCUT2D eigenvalue weighted by atomic mass is 16.2. The van der Waals surface area contributed by atoms with Gasteiger partial charge in [-0.15, -0.1) is 0 Å². The predicted molar refractivity (Wildman–Crippen MR) is 133 cm³/mol. The molecule has 2 heterocycles. The van der Waals surface area contributed by atoms with Gasteiger partial charge in [0.15, 0.2) is 5.69 Å². The molecule has 1 aliphatic rings. The molecule has 0 saturated carbocycles. The molecule has 0 unspecified atom stereocenters. The fraction of sp³-hybridized carbons (Fsp3) is 0.542. The van der Waals surface area contributed by atoms with Crippen molar-refractivity contribution in [2.75, 3.05) is 54.8 Å². The number of carbonyl (C=O) groups excluding carboxylic acids is 1. The van der Waals surface area contributed by atoms with Crippen LogP contribution >= 0.6 is 0 Å². The molecule has 0 bridgehead atoms. The highest BCUT2D eigenvalue weighted by Gasteiger charge is 2.27. The molecular weight excluding hydrogens is 420 g/mol. The number of aromatic nitrogens is 2. The normalized spacial score (nSPS) is 14.6. The summed E-state index contributed by atoms with van der Waals surface area (Å²) < 4.78 is 1.35. The van der Waals surface area contributed by atoms with Gasteiger partial charge in [-0.2, -0.15) is 0 Å². The maximum atomic E-state index is 13.4. The molecule has 3 N–H and O–H groups in total. The van der Waals surface area contributed by atoms with Gasteiger partial charge in [-0.3, -0.25) is 24.0 Å². The number of nitrogen functional groups attached to an aromatic ring is 1. The second-order valence-corrected chi connectivity index (χ2v) is 9.00. The van der Waals surface area contributed by atoms with Gasteiger partial charge in [0.1, 0.15) is 5.82 Å². The summed E-state index contributed by atoms with van der Waals surface area (Å²) in [5.74, 6) is 0.0313. The van der Waals surface area contributed by atoms with E-state index in [1.54, 1.807) is 0 Å². The first-order chi connectivity index (χ1) is 15.8. The average Bonchev–Trinajstić information content (AvgIpc) is 2.79. The topological polar surface area (TPSA) is 108 Å². The second-order valence-electron chi connectivity index (χ2n) is 9.00. The third-order valence-corrected chi connectivity index (χ3v) is 5.92. The lowest BCUT2D eigenvalue weighted by atomic mass is 10.2. The minimum atomic E-state index is -0.615. The summed E-state index contributed by atoms with van der Waals surface area (Å²) >= 11 is 0. The van der Waals surface area contributed by atoms with E-state index in [-0.39, 0.29) is 29.9 Å². The maximum absolute atomic E-state index is 13.4. The number of anilines is 3. The molecule has 1 aromatic carbocycles. The number of benzene rings is 1. The van der Waals surface area contributed by atoms with E-state index >= 15 is 0 Å². The molecule has 180 valence electrons. The van der Waals surface area contributed by atoms with Gasteiger partial charge in [-0.1, -0.05) is 45.4 Å². The number of nitrogens with zero attached hydrogens (tertiary/aromatic N) is 4. The number of nitrogens with two attached hydrogens (primary N) is 1. The van der Waals surface area contributed by atoms with E-state index in [0.717, 1.165) is 39.0 Å². The van der Waals surface area contributed by atoms with Crippen LogP contribution in [0.2, 0.25) is 0 Å². The lowest BCUT2D eigenvalue weighted by molar-refractivity contribution is -0.119. The van der Waals surface area contributed by atoms with Crippen LogP contribution in [0.5, 0.6) is 0 Å². The summed E-state index contributed by atoms with van der Waals surface area (Å²) in [4.78, 5) is 46.7. The van der Waals surface area contributed by atoms with E-state index in [1.165, 1.54) is 15.2 Å². The summed E-state index contributed by atoms with van der Waals surface area (Å²) in [6.07, 6.45) is 1.60. The number of unbranched alkanes of at least 4 members (excludes halogenated alkanes) is 1. The fourth-order valence-corrected chi connectivity index (χ4v) is 4.14. The number of amides is 1. The van der Waals surface area contributed by atoms with Crippen molar-refractivity contribution in [2.45, 2.75) is 40.2 Å². The third kappa shape index (κ3) is 6.04. The van der Waals surface area contributed by atoms with Crippen molar-refractivity contribution in [1.29, 1.82) is 0 Å². The van der Waals surface area contributed by atoms with Gasteiger partial charge >= 0.3 is 5.69 Å². The van der Waals surface area contributed by atoms with Crippen molar-refractivity contribution in [3.63, 3.8) is 0 Å². The van der Waals surface area contributed by atoms with Crippen molar-refractivity contribution in [2.24, 2.45) is 5.92 Å². The average molecular weight is 457 g/mol. The number of aromatic amines is 1. The van der Waals surface area contributed by atoms with Gasteiger partial charge in [0.05, 0.1) is 6.54 Å². The first-order valence-corrected chi connectivity index (χ1v) is 11.8. The largest absolute Gasteiger partial charge is 0.383 e. The molecule has 1 aliphatic heterocycles. The Morgan fingerprint density at radius 2 is 1.79 bits per heavy atom. The molecule has 0 radical (unpaired) electrons. The standard InChI is InChI=1S/C24H36N6O3/c1-4-5-11-29(21-22(25)30(16-18(2)3)24(33)26-23(21)32)20(31)17-27-12-14-28(15-13-27)19-9-7-6-8-10-19/h6-10,18H,4-5,11-17,25H2,1-3H3,(H,26,32,33). The lowest BCUT2D eigenvalue weighted by Crippen LogP contribution is -2.51. The number of rotatable bonds is 9. The summed E-state index contributed by atoms with van der Waals surface area (Å²) in [7, 11) is 0. The molecule has 1 aromatic heterocycles. The van der Waals surface area contributed by atoms with Crippen LogP contribution in [0.25, 0.3) is 0 Å². The molecule has 9 nitrogen and oxygen atoms in total. The van der Waals surface area contributed by atoms with Crippen LogP contribution in [0.3, 0.4) is 0 Å². The molecule has 1 amide bonds. The first kappa shape index (κ1) is 24.6. The molecular formula is C24H36N6O3. The van der Waals surface area contributed by atoms with Crippen LogP contribution < -0.4 is 26.8 Å². The zero-order chi connectivity index (χ0) is 24.0. The number of nitrogens with one attached hydrogen (secondary N) is 1. The molecule has 1 fully saturated rings. The van der Waals surface area contributed by atoms with Gasteiger partial charge in [-0.25, -0.2) is 4.79 Å². The Balaban J connectivity index is 1.77. The predicted octanol–water partition coefficient (Wildman–Crippen LogP) is 1.73. The Morgan fingerprint density at radius 3 is 2.39 bits per heavy atom. The molecule has 0 atom stereocenters. The molecule has 33 heavy (non-hydrogen) atoms. The van der Waals surface area contributed by atoms with Crippen LogP contribution in [-0.2, 0) is 11.3 Å². The zero-order valence-electron chi connectivity index (χ0n) is 19.9. The fourth-order valence-electron chi connectivity index (χ4n) is 4.14. The quantitative estimate of drug-likeness (QED) is 0.595. The Morgan fingerprint density at radius 1 is 1.12 bits per heavy atom. The molecule has 0 aliphatic carbocycles. The summed E-state index contributed by atoms with van der Waals surface area (Å²) in [6, 6.07) is 10.2. The molecule has 9 heteroatoms. The van der Waals surface area contributed by atoms with Crippen LogP contribution in [0, 0.1) is 5.92 Å². The highest BCUT2D eigenvalue weighted by molar-refractivity contribution is 5.96. The third-order valence-electron chi connectivity index (χ3n) is 5.92. The Kier molecular flexibility index (Phi) is 8.32. The van der Waals surface area contributed by atoms with Gasteiger partial charge in [0, 0.05) is 45.0 Å². The minimum Gasteiger partial charge on any atom is -0.383 e. The SMILES string of the molecule is CCCCN(C(=O)CN1CCN(c2ccccc2)CC1)c1c(N)n(CC(C)C)c(=O)[nH]c1=O. The number of H-pyrrole nitrogens is 1. The Hall–Kier alpha value is -3.07. The molecule has 1 saturated heterocycles. The van der Waals surface area contributed by atoms with Crippen molar-refractivity contribution in [3.8, 4) is 0 Å². The van der Waals surface area contributed by atoms with E-state index in [1.807, 2.05) is 39.0 Å². The van der Waals surface area contributed by atoms with Crippen LogP contribution in [-0.4, -0.2) is 59.6 Å². The summed E-state index contributed by atoms with van der Waals surface area (Å²) in [6.45, 7) is 10.1. The van der Waals surface area contributed by atoms with E-state index in [0.29, 0.717) is 13.1 Å². The first-order valence-electron chi connectivity index (χ1n) is 11.8. The minimum absolute atomic E-state index is 0.0517. The Labute approximate surface area is 194 Å². The molecule has 0 spiro atoms. The zero-order valence-corrected chi connectivity index (χ0v) is 19.9. The lowest BCUT2D eigenvalue weighted by Gasteiger charge is -2.36. The van der Waals surface area contributed by atoms with Crippen LogP contribution in [0.1, 0.15) is 33.6 Å². The maximum Gasteiger partial charge on any atom is 0.330 e. The van der Waals surface area contributed by atoms with Crippen LogP contribution in [0.4, 0.5) is 17.2 Å².